The Labute approximate surface area is 151 Å². The molecule has 0 aliphatic carbocycles. The summed E-state index contributed by atoms with van der Waals surface area (Å²) >= 11 is 0. The first-order chi connectivity index (χ1) is 11.4. The summed E-state index contributed by atoms with van der Waals surface area (Å²) < 4.78 is 38.0. The zero-order valence-corrected chi connectivity index (χ0v) is 14.8. The van der Waals surface area contributed by atoms with E-state index in [1.165, 1.54) is 0 Å². The van der Waals surface area contributed by atoms with Crippen molar-refractivity contribution in [2.24, 2.45) is 5.92 Å². The van der Waals surface area contributed by atoms with Crippen molar-refractivity contribution in [1.82, 2.24) is 20.4 Å². The van der Waals surface area contributed by atoms with E-state index in [4.69, 9.17) is 0 Å². The molecule has 9 heteroatoms. The van der Waals surface area contributed by atoms with Crippen molar-refractivity contribution in [2.75, 3.05) is 26.2 Å². The zero-order valence-electron chi connectivity index (χ0n) is 13.9. The van der Waals surface area contributed by atoms with Crippen LogP contribution in [-0.4, -0.2) is 47.2 Å². The van der Waals surface area contributed by atoms with Gasteiger partial charge in [0.25, 0.3) is 0 Å². The van der Waals surface area contributed by atoms with E-state index in [0.717, 1.165) is 44.8 Å². The first-order valence-corrected chi connectivity index (χ1v) is 8.54. The van der Waals surface area contributed by atoms with Crippen LogP contribution in [-0.2, 0) is 11.0 Å². The molecule has 0 radical (unpaired) electrons. The Kier molecular flexibility index (Phi) is 6.73. The van der Waals surface area contributed by atoms with Crippen LogP contribution in [0.2, 0.25) is 0 Å². The smallest absolute Gasteiger partial charge is 0.342 e. The van der Waals surface area contributed by atoms with E-state index < -0.39 is 11.9 Å². The summed E-state index contributed by atoms with van der Waals surface area (Å²) in [6, 6.07) is 1.07. The van der Waals surface area contributed by atoms with Crippen molar-refractivity contribution in [3.8, 4) is 0 Å². The molecule has 5 nitrogen and oxygen atoms in total. The van der Waals surface area contributed by atoms with E-state index in [0.29, 0.717) is 31.1 Å². The van der Waals surface area contributed by atoms with Gasteiger partial charge in [0.2, 0.25) is 5.91 Å². The number of H-pyrrole nitrogens is 1. The van der Waals surface area contributed by atoms with Crippen molar-refractivity contribution in [2.45, 2.75) is 44.2 Å². The van der Waals surface area contributed by atoms with Gasteiger partial charge in [0.05, 0.1) is 0 Å². The molecule has 2 fully saturated rings. The quantitative estimate of drug-likeness (QED) is 0.844. The molecule has 1 aromatic rings. The lowest BCUT2D eigenvalue weighted by Gasteiger charge is -2.32. The normalized spacial score (nSPS) is 24.2. The lowest BCUT2D eigenvalue weighted by Crippen LogP contribution is -2.39. The van der Waals surface area contributed by atoms with Gasteiger partial charge in [-0.05, 0) is 50.8 Å². The number of hydrogen-bond acceptors (Lipinski definition) is 3. The van der Waals surface area contributed by atoms with Crippen LogP contribution in [0, 0.1) is 5.92 Å². The predicted molar refractivity (Wildman–Crippen MR) is 89.6 cm³/mol. The summed E-state index contributed by atoms with van der Waals surface area (Å²) in [5.41, 5.74) is -0.422. The number of likely N-dealkylation sites (tertiary alicyclic amines) is 1. The van der Waals surface area contributed by atoms with E-state index >= 15 is 0 Å². The molecule has 2 aliphatic heterocycles. The van der Waals surface area contributed by atoms with Crippen molar-refractivity contribution >= 4 is 18.3 Å². The number of aromatic nitrogens is 2. The Morgan fingerprint density at radius 2 is 2.16 bits per heavy atom. The number of alkyl halides is 3. The number of carbonyl (C=O) groups is 1. The molecule has 2 saturated heterocycles. The number of rotatable bonds is 4. The highest BCUT2D eigenvalue weighted by molar-refractivity contribution is 5.85. The second-order valence-corrected chi connectivity index (χ2v) is 6.78. The van der Waals surface area contributed by atoms with E-state index in [1.807, 2.05) is 0 Å². The molecule has 0 bridgehead atoms. The Balaban J connectivity index is 0.00000225. The number of nitrogens with zero attached hydrogens (tertiary/aromatic N) is 2. The minimum Gasteiger partial charge on any atom is -0.342 e. The highest BCUT2D eigenvalue weighted by Gasteiger charge is 2.35. The lowest BCUT2D eigenvalue weighted by atomic mass is 9.94. The second-order valence-electron chi connectivity index (χ2n) is 6.78. The molecule has 0 aromatic carbocycles. The minimum absolute atomic E-state index is 0. The fraction of sp³-hybridized carbons (Fsp3) is 0.750. The molecule has 1 aromatic heterocycles. The zero-order chi connectivity index (χ0) is 17.2. The largest absolute Gasteiger partial charge is 0.435 e. The number of halogens is 4. The molecule has 1 amide bonds. The van der Waals surface area contributed by atoms with E-state index in [1.54, 1.807) is 4.90 Å². The number of aromatic amines is 1. The predicted octanol–water partition coefficient (Wildman–Crippen LogP) is 2.95. The van der Waals surface area contributed by atoms with Gasteiger partial charge in [-0.2, -0.15) is 18.3 Å². The van der Waals surface area contributed by atoms with Gasteiger partial charge in [-0.25, -0.2) is 0 Å². The molecule has 25 heavy (non-hydrogen) atoms. The number of hydrogen-bond donors (Lipinski definition) is 2. The number of amides is 1. The van der Waals surface area contributed by atoms with Crippen LogP contribution in [0.25, 0.3) is 0 Å². The Morgan fingerprint density at radius 1 is 1.36 bits per heavy atom. The average Bonchev–Trinajstić information content (AvgIpc) is 3.23. The molecule has 2 unspecified atom stereocenters. The molecule has 3 rings (SSSR count). The van der Waals surface area contributed by atoms with Crippen LogP contribution in [0.5, 0.6) is 0 Å². The van der Waals surface area contributed by atoms with E-state index in [9.17, 15) is 18.0 Å². The highest BCUT2D eigenvalue weighted by atomic mass is 35.5. The van der Waals surface area contributed by atoms with Gasteiger partial charge in [0.15, 0.2) is 5.69 Å². The molecular formula is C16H24ClF3N4O. The summed E-state index contributed by atoms with van der Waals surface area (Å²) in [6.07, 6.45) is -0.332. The second kappa shape index (κ2) is 8.40. The highest BCUT2D eigenvalue weighted by Crippen LogP contribution is 2.32. The van der Waals surface area contributed by atoms with Gasteiger partial charge in [0.1, 0.15) is 0 Å². The van der Waals surface area contributed by atoms with Crippen LogP contribution in [0.4, 0.5) is 13.2 Å². The maximum absolute atomic E-state index is 12.7. The Morgan fingerprint density at radius 3 is 2.80 bits per heavy atom. The third-order valence-corrected chi connectivity index (χ3v) is 5.03. The summed E-state index contributed by atoms with van der Waals surface area (Å²) in [5.74, 6) is 0.582. The minimum atomic E-state index is -4.44. The molecule has 2 atom stereocenters. The third-order valence-electron chi connectivity index (χ3n) is 5.03. The van der Waals surface area contributed by atoms with Crippen molar-refractivity contribution in [1.29, 1.82) is 0 Å². The average molecular weight is 381 g/mol. The standard InChI is InChI=1S/C16H23F3N4O.ClH/c17-16(18,19)14-8-13(21-22-14)12-2-1-7-23(10-12)15(24)4-3-11-5-6-20-9-11;/h8,11-12,20H,1-7,9-10H2,(H,21,22);1H. The molecule has 3 heterocycles. The maximum Gasteiger partial charge on any atom is 0.435 e. The topological polar surface area (TPSA) is 61.0 Å². The van der Waals surface area contributed by atoms with Gasteiger partial charge >= 0.3 is 6.18 Å². The monoisotopic (exact) mass is 380 g/mol. The van der Waals surface area contributed by atoms with Crippen molar-refractivity contribution in [3.05, 3.63) is 17.5 Å². The van der Waals surface area contributed by atoms with Crippen molar-refractivity contribution < 1.29 is 18.0 Å². The van der Waals surface area contributed by atoms with Crippen molar-refractivity contribution in [3.63, 3.8) is 0 Å². The molecular weight excluding hydrogens is 357 g/mol. The molecule has 2 aliphatic rings. The fourth-order valence-corrected chi connectivity index (χ4v) is 3.60. The van der Waals surface area contributed by atoms with E-state index in [-0.39, 0.29) is 24.2 Å². The summed E-state index contributed by atoms with van der Waals surface area (Å²) in [4.78, 5) is 14.2. The van der Waals surface area contributed by atoms with Gasteiger partial charge < -0.3 is 10.2 Å². The number of carbonyl (C=O) groups excluding carboxylic acids is 1. The number of piperidine rings is 1. The Hall–Kier alpha value is -1.28. The van der Waals surface area contributed by atoms with Crippen LogP contribution in [0.15, 0.2) is 6.07 Å². The van der Waals surface area contributed by atoms with Gasteiger partial charge in [-0.3, -0.25) is 9.89 Å². The lowest BCUT2D eigenvalue weighted by molar-refractivity contribution is -0.141. The van der Waals surface area contributed by atoms with E-state index in [2.05, 4.69) is 15.5 Å². The third kappa shape index (κ3) is 5.10. The molecule has 2 N–H and O–H groups in total. The summed E-state index contributed by atoms with van der Waals surface area (Å²) in [5, 5.41) is 9.15. The molecule has 142 valence electrons. The SMILES string of the molecule is Cl.O=C(CCC1CCNC1)N1CCCC(c2cc(C(F)(F)F)n[nH]2)C1. The number of nitrogens with one attached hydrogen (secondary N) is 2. The van der Waals surface area contributed by atoms with Gasteiger partial charge in [-0.1, -0.05) is 0 Å². The van der Waals surface area contributed by atoms with Crippen LogP contribution < -0.4 is 5.32 Å². The van der Waals surface area contributed by atoms with Crippen LogP contribution in [0.3, 0.4) is 0 Å². The molecule has 0 saturated carbocycles. The maximum atomic E-state index is 12.7. The molecule has 0 spiro atoms. The Bertz CT molecular complexity index is 572. The van der Waals surface area contributed by atoms with Crippen LogP contribution >= 0.6 is 12.4 Å². The summed E-state index contributed by atoms with van der Waals surface area (Å²) in [6.45, 7) is 3.16. The van der Waals surface area contributed by atoms with Crippen LogP contribution in [0.1, 0.15) is 49.4 Å². The van der Waals surface area contributed by atoms with Gasteiger partial charge in [-0.15, -0.1) is 12.4 Å². The summed E-state index contributed by atoms with van der Waals surface area (Å²) in [7, 11) is 0. The fourth-order valence-electron chi connectivity index (χ4n) is 3.60. The van der Waals surface area contributed by atoms with Gasteiger partial charge in [0, 0.05) is 31.1 Å². The first kappa shape index (κ1) is 20.0. The first-order valence-electron chi connectivity index (χ1n) is 8.54.